The van der Waals surface area contributed by atoms with Crippen LogP contribution in [-0.2, 0) is 7.05 Å². The molecule has 1 amide bonds. The van der Waals surface area contributed by atoms with E-state index in [9.17, 15) is 4.79 Å². The maximum absolute atomic E-state index is 15.5. The first-order valence-electron chi connectivity index (χ1n) is 12.2. The number of hydrogen-bond acceptors (Lipinski definition) is 6. The van der Waals surface area contributed by atoms with E-state index in [4.69, 9.17) is 4.42 Å². The normalized spacial score (nSPS) is 17.0. The van der Waals surface area contributed by atoms with Crippen molar-refractivity contribution in [2.75, 3.05) is 23.3 Å². The van der Waals surface area contributed by atoms with Gasteiger partial charge in [-0.1, -0.05) is 0 Å². The summed E-state index contributed by atoms with van der Waals surface area (Å²) in [6, 6.07) is 6.21. The molecule has 2 N–H and O–H groups in total. The van der Waals surface area contributed by atoms with Crippen LogP contribution in [0.1, 0.15) is 47.4 Å². The second-order valence-corrected chi connectivity index (χ2v) is 9.85. The van der Waals surface area contributed by atoms with Crippen molar-refractivity contribution in [3.05, 3.63) is 47.2 Å². The quantitative estimate of drug-likeness (QED) is 0.443. The van der Waals surface area contributed by atoms with Crippen LogP contribution in [0.25, 0.3) is 21.9 Å². The van der Waals surface area contributed by atoms with Gasteiger partial charge in [0.1, 0.15) is 22.5 Å². The predicted molar refractivity (Wildman–Crippen MR) is 134 cm³/mol. The standard InChI is InChI=1S/C26H29FN6O2/c1-14-10-22-18(15(2)28-14)11-23(35-22)30-26(34)24-20(27)12-21(19-13-32(3)31-25(19)24)33-8-6-17(7-9-33)29-16-4-5-16/h10-13,16-17,29H,4-9H2,1-3H3,(H,30,34). The molecule has 9 heteroatoms. The number of aryl methyl sites for hydroxylation is 3. The third kappa shape index (κ3) is 4.14. The van der Waals surface area contributed by atoms with Gasteiger partial charge in [-0.2, -0.15) is 5.10 Å². The Hall–Kier alpha value is -3.46. The first-order valence-corrected chi connectivity index (χ1v) is 12.2. The van der Waals surface area contributed by atoms with Gasteiger partial charge in [0.2, 0.25) is 5.88 Å². The molecule has 0 spiro atoms. The number of nitrogens with zero attached hydrogens (tertiary/aromatic N) is 4. The van der Waals surface area contributed by atoms with Gasteiger partial charge in [-0.25, -0.2) is 4.39 Å². The molecule has 6 rings (SSSR count). The van der Waals surface area contributed by atoms with E-state index in [0.29, 0.717) is 23.2 Å². The minimum Gasteiger partial charge on any atom is -0.440 e. The maximum Gasteiger partial charge on any atom is 0.263 e. The Morgan fingerprint density at radius 2 is 1.83 bits per heavy atom. The van der Waals surface area contributed by atoms with Gasteiger partial charge >= 0.3 is 0 Å². The smallest absolute Gasteiger partial charge is 0.263 e. The monoisotopic (exact) mass is 476 g/mol. The van der Waals surface area contributed by atoms with Gasteiger partial charge in [0, 0.05) is 72.7 Å². The highest BCUT2D eigenvalue weighted by atomic mass is 19.1. The zero-order valence-electron chi connectivity index (χ0n) is 20.2. The first-order chi connectivity index (χ1) is 16.9. The molecule has 0 unspecified atom stereocenters. The number of hydrogen-bond donors (Lipinski definition) is 2. The largest absolute Gasteiger partial charge is 0.440 e. The van der Waals surface area contributed by atoms with Crippen molar-refractivity contribution in [2.24, 2.45) is 7.05 Å². The molecular formula is C26H29FN6O2. The van der Waals surface area contributed by atoms with Crippen molar-refractivity contribution in [1.29, 1.82) is 0 Å². The Bertz CT molecular complexity index is 1450. The number of benzene rings is 1. The topological polar surface area (TPSA) is 88.2 Å². The van der Waals surface area contributed by atoms with Crippen LogP contribution in [-0.4, -0.2) is 45.8 Å². The van der Waals surface area contributed by atoms with Gasteiger partial charge in [-0.05, 0) is 45.6 Å². The van der Waals surface area contributed by atoms with E-state index in [1.165, 1.54) is 18.9 Å². The average Bonchev–Trinajstić information content (AvgIpc) is 3.39. The molecule has 8 nitrogen and oxygen atoms in total. The van der Waals surface area contributed by atoms with Gasteiger partial charge in [-0.15, -0.1) is 0 Å². The van der Waals surface area contributed by atoms with E-state index < -0.39 is 11.7 Å². The van der Waals surface area contributed by atoms with Crippen molar-refractivity contribution in [1.82, 2.24) is 20.1 Å². The summed E-state index contributed by atoms with van der Waals surface area (Å²) in [4.78, 5) is 19.9. The number of furan rings is 1. The second-order valence-electron chi connectivity index (χ2n) is 9.85. The van der Waals surface area contributed by atoms with Crippen molar-refractivity contribution in [2.45, 2.75) is 51.6 Å². The number of amides is 1. The molecule has 1 aliphatic carbocycles. The molecule has 1 aliphatic heterocycles. The summed E-state index contributed by atoms with van der Waals surface area (Å²) >= 11 is 0. The van der Waals surface area contributed by atoms with Crippen LogP contribution in [0.4, 0.5) is 16.0 Å². The SMILES string of the molecule is Cc1cc2oc(NC(=O)c3c(F)cc(N4CCC(NC5CC5)CC4)c4cn(C)nc34)cc2c(C)n1. The lowest BCUT2D eigenvalue weighted by Crippen LogP contribution is -2.43. The van der Waals surface area contributed by atoms with Crippen LogP contribution in [0.2, 0.25) is 0 Å². The molecule has 0 radical (unpaired) electrons. The van der Waals surface area contributed by atoms with Crippen molar-refractivity contribution in [3.63, 3.8) is 0 Å². The lowest BCUT2D eigenvalue weighted by atomic mass is 10.0. The van der Waals surface area contributed by atoms with Crippen molar-refractivity contribution < 1.29 is 13.6 Å². The lowest BCUT2D eigenvalue weighted by Gasteiger charge is -2.34. The Labute approximate surface area is 202 Å². The van der Waals surface area contributed by atoms with Gasteiger partial charge in [0.15, 0.2) is 0 Å². The molecule has 2 aliphatic rings. The van der Waals surface area contributed by atoms with Crippen LogP contribution >= 0.6 is 0 Å². The Balaban J connectivity index is 1.29. The van der Waals surface area contributed by atoms with Gasteiger partial charge in [-0.3, -0.25) is 19.8 Å². The summed E-state index contributed by atoms with van der Waals surface area (Å²) < 4.78 is 22.9. The van der Waals surface area contributed by atoms with E-state index in [0.717, 1.165) is 53.8 Å². The number of carbonyl (C=O) groups is 1. The number of rotatable bonds is 5. The molecule has 1 aromatic carbocycles. The third-order valence-corrected chi connectivity index (χ3v) is 7.03. The summed E-state index contributed by atoms with van der Waals surface area (Å²) in [5.74, 6) is -0.934. The Morgan fingerprint density at radius 3 is 2.57 bits per heavy atom. The van der Waals surface area contributed by atoms with E-state index in [2.05, 4.69) is 25.6 Å². The maximum atomic E-state index is 15.5. The second kappa shape index (κ2) is 8.34. The number of piperidine rings is 1. The number of fused-ring (bicyclic) bond motifs is 2. The first kappa shape index (κ1) is 22.0. The molecule has 4 heterocycles. The third-order valence-electron chi connectivity index (χ3n) is 7.03. The fraction of sp³-hybridized carbons (Fsp3) is 0.423. The fourth-order valence-electron chi connectivity index (χ4n) is 5.17. The van der Waals surface area contributed by atoms with Gasteiger partial charge in [0.25, 0.3) is 5.91 Å². The summed E-state index contributed by atoms with van der Waals surface area (Å²) in [5, 5.41) is 12.5. The zero-order valence-corrected chi connectivity index (χ0v) is 20.2. The van der Waals surface area contributed by atoms with Crippen LogP contribution in [0.5, 0.6) is 0 Å². The van der Waals surface area contributed by atoms with Gasteiger partial charge in [0.05, 0.1) is 5.69 Å². The summed E-state index contributed by atoms with van der Waals surface area (Å²) in [5.41, 5.74) is 3.31. The molecule has 4 aromatic rings. The molecule has 35 heavy (non-hydrogen) atoms. The van der Waals surface area contributed by atoms with Crippen LogP contribution in [0, 0.1) is 19.7 Å². The Morgan fingerprint density at radius 1 is 1.09 bits per heavy atom. The van der Waals surface area contributed by atoms with E-state index in [1.54, 1.807) is 17.8 Å². The van der Waals surface area contributed by atoms with Gasteiger partial charge < -0.3 is 14.6 Å². The number of halogens is 1. The molecule has 2 fully saturated rings. The highest BCUT2D eigenvalue weighted by Crippen LogP contribution is 2.34. The van der Waals surface area contributed by atoms with E-state index >= 15 is 4.39 Å². The summed E-state index contributed by atoms with van der Waals surface area (Å²) in [6.07, 6.45) is 6.43. The minimum atomic E-state index is -0.591. The molecule has 3 aromatic heterocycles. The number of pyridine rings is 1. The zero-order chi connectivity index (χ0) is 24.3. The minimum absolute atomic E-state index is 0.0823. The summed E-state index contributed by atoms with van der Waals surface area (Å²) in [6.45, 7) is 5.45. The molecule has 0 bridgehead atoms. The molecular weight excluding hydrogens is 447 g/mol. The van der Waals surface area contributed by atoms with E-state index in [1.807, 2.05) is 26.1 Å². The van der Waals surface area contributed by atoms with Crippen LogP contribution in [0.3, 0.4) is 0 Å². The predicted octanol–water partition coefficient (Wildman–Crippen LogP) is 4.44. The molecule has 1 saturated heterocycles. The fourth-order valence-corrected chi connectivity index (χ4v) is 5.17. The van der Waals surface area contributed by atoms with E-state index in [-0.39, 0.29) is 11.4 Å². The molecule has 1 saturated carbocycles. The molecule has 182 valence electrons. The average molecular weight is 477 g/mol. The number of aromatic nitrogens is 3. The summed E-state index contributed by atoms with van der Waals surface area (Å²) in [7, 11) is 1.78. The van der Waals surface area contributed by atoms with Crippen LogP contribution in [0.15, 0.2) is 28.8 Å². The molecule has 0 atom stereocenters. The lowest BCUT2D eigenvalue weighted by molar-refractivity contribution is 0.102. The number of anilines is 2. The number of nitrogens with one attached hydrogen (secondary N) is 2. The number of carbonyl (C=O) groups excluding carboxylic acids is 1. The highest BCUT2D eigenvalue weighted by molar-refractivity contribution is 6.14. The highest BCUT2D eigenvalue weighted by Gasteiger charge is 2.29. The van der Waals surface area contributed by atoms with Crippen molar-refractivity contribution >= 4 is 39.4 Å². The van der Waals surface area contributed by atoms with Crippen molar-refractivity contribution in [3.8, 4) is 0 Å². The van der Waals surface area contributed by atoms with Crippen LogP contribution < -0.4 is 15.5 Å². The Kier molecular flexibility index (Phi) is 5.25.